The number of nitrogens with zero attached hydrogens (tertiary/aromatic N) is 3. The summed E-state index contributed by atoms with van der Waals surface area (Å²) in [6.07, 6.45) is 1.42. The molecule has 28 heavy (non-hydrogen) atoms. The number of nitro groups is 1. The summed E-state index contributed by atoms with van der Waals surface area (Å²) < 4.78 is 25.6. The van der Waals surface area contributed by atoms with Gasteiger partial charge in [0.2, 0.25) is 0 Å². The lowest BCUT2D eigenvalue weighted by Gasteiger charge is -2.25. The lowest BCUT2D eigenvalue weighted by Crippen LogP contribution is -2.39. The second-order valence-electron chi connectivity index (χ2n) is 6.76. The van der Waals surface area contributed by atoms with Gasteiger partial charge >= 0.3 is 0 Å². The highest BCUT2D eigenvalue weighted by Gasteiger charge is 2.35. The van der Waals surface area contributed by atoms with Crippen molar-refractivity contribution in [2.45, 2.75) is 23.5 Å². The van der Waals surface area contributed by atoms with E-state index in [4.69, 9.17) is 0 Å². The van der Waals surface area contributed by atoms with Gasteiger partial charge < -0.3 is 5.32 Å². The van der Waals surface area contributed by atoms with Gasteiger partial charge in [0.1, 0.15) is 5.82 Å². The van der Waals surface area contributed by atoms with Gasteiger partial charge in [0.15, 0.2) is 9.84 Å². The molecule has 0 aliphatic heterocycles. The van der Waals surface area contributed by atoms with E-state index >= 15 is 0 Å². The molecule has 0 aliphatic rings. The van der Waals surface area contributed by atoms with E-state index in [9.17, 15) is 18.5 Å². The van der Waals surface area contributed by atoms with Crippen molar-refractivity contribution in [2.75, 3.05) is 11.9 Å². The second kappa shape index (κ2) is 7.44. The Hall–Kier alpha value is -2.59. The molecule has 10 heteroatoms. The van der Waals surface area contributed by atoms with Crippen molar-refractivity contribution in [1.29, 1.82) is 0 Å². The van der Waals surface area contributed by atoms with Crippen molar-refractivity contribution in [2.24, 2.45) is 0 Å². The van der Waals surface area contributed by atoms with Crippen LogP contribution in [-0.2, 0) is 9.84 Å². The molecular weight excluding hydrogens is 448 g/mol. The van der Waals surface area contributed by atoms with Crippen molar-refractivity contribution >= 4 is 48.3 Å². The molecular formula is C18H17BrN4O4S. The lowest BCUT2D eigenvalue weighted by atomic mass is 10.2. The third-order valence-corrected chi connectivity index (χ3v) is 7.30. The van der Waals surface area contributed by atoms with E-state index in [0.717, 1.165) is 4.47 Å². The number of hydrogen-bond acceptors (Lipinski definition) is 7. The number of anilines is 1. The molecule has 0 spiro atoms. The van der Waals surface area contributed by atoms with Crippen molar-refractivity contribution < 1.29 is 13.3 Å². The third-order valence-electron chi connectivity index (χ3n) is 4.28. The molecule has 0 saturated heterocycles. The highest BCUT2D eigenvalue weighted by atomic mass is 79.9. The summed E-state index contributed by atoms with van der Waals surface area (Å²) >= 11 is 3.30. The van der Waals surface area contributed by atoms with Gasteiger partial charge in [-0.15, -0.1) is 0 Å². The first-order chi connectivity index (χ1) is 13.1. The number of benzene rings is 2. The van der Waals surface area contributed by atoms with Crippen LogP contribution in [0.1, 0.15) is 13.8 Å². The van der Waals surface area contributed by atoms with Gasteiger partial charge in [-0.1, -0.05) is 15.9 Å². The monoisotopic (exact) mass is 464 g/mol. The van der Waals surface area contributed by atoms with Crippen molar-refractivity contribution in [3.05, 3.63) is 63.2 Å². The van der Waals surface area contributed by atoms with E-state index in [1.807, 2.05) is 0 Å². The van der Waals surface area contributed by atoms with Gasteiger partial charge in [-0.3, -0.25) is 15.1 Å². The number of non-ortho nitro benzene ring substituents is 1. The molecule has 8 nitrogen and oxygen atoms in total. The maximum atomic E-state index is 12.9. The van der Waals surface area contributed by atoms with Crippen LogP contribution in [0.4, 0.5) is 11.5 Å². The fraction of sp³-hybridized carbons (Fsp3) is 0.222. The molecule has 1 heterocycles. The van der Waals surface area contributed by atoms with E-state index in [0.29, 0.717) is 16.9 Å². The number of nitrogens with one attached hydrogen (secondary N) is 1. The lowest BCUT2D eigenvalue weighted by molar-refractivity contribution is -0.384. The molecule has 0 aliphatic carbocycles. The van der Waals surface area contributed by atoms with Gasteiger partial charge in [0.05, 0.1) is 31.8 Å². The van der Waals surface area contributed by atoms with Crippen LogP contribution in [0.25, 0.3) is 11.0 Å². The number of sulfone groups is 1. The van der Waals surface area contributed by atoms with E-state index in [1.54, 1.807) is 38.1 Å². The molecule has 1 N–H and O–H groups in total. The molecule has 1 aromatic heterocycles. The zero-order valence-corrected chi connectivity index (χ0v) is 17.5. The van der Waals surface area contributed by atoms with Crippen LogP contribution in [0, 0.1) is 10.1 Å². The number of halogens is 1. The van der Waals surface area contributed by atoms with Crippen LogP contribution in [0.3, 0.4) is 0 Å². The van der Waals surface area contributed by atoms with Crippen LogP contribution < -0.4 is 5.32 Å². The molecule has 0 atom stereocenters. The second-order valence-corrected chi connectivity index (χ2v) is 10.3. The summed E-state index contributed by atoms with van der Waals surface area (Å²) in [5, 5.41) is 13.8. The predicted octanol–water partition coefficient (Wildman–Crippen LogP) is 3.96. The molecule has 0 bridgehead atoms. The SMILES string of the molecule is CC(C)(CNc1cnc2cc([N+](=O)[O-])ccc2n1)S(=O)(=O)c1ccc(Br)cc1. The molecule has 0 radical (unpaired) electrons. The zero-order valence-electron chi connectivity index (χ0n) is 15.1. The van der Waals surface area contributed by atoms with Crippen LogP contribution in [-0.4, -0.2) is 34.6 Å². The summed E-state index contributed by atoms with van der Waals surface area (Å²) in [7, 11) is -3.59. The predicted molar refractivity (Wildman–Crippen MR) is 110 cm³/mol. The number of hydrogen-bond donors (Lipinski definition) is 1. The summed E-state index contributed by atoms with van der Waals surface area (Å²) in [6, 6.07) is 10.7. The van der Waals surface area contributed by atoms with E-state index < -0.39 is 19.5 Å². The largest absolute Gasteiger partial charge is 0.367 e. The number of rotatable bonds is 6. The fourth-order valence-electron chi connectivity index (χ4n) is 2.53. The topological polar surface area (TPSA) is 115 Å². The first-order valence-electron chi connectivity index (χ1n) is 8.25. The molecule has 146 valence electrons. The van der Waals surface area contributed by atoms with Crippen LogP contribution in [0.5, 0.6) is 0 Å². The highest BCUT2D eigenvalue weighted by molar-refractivity contribution is 9.10. The van der Waals surface area contributed by atoms with Gasteiger partial charge in [0.25, 0.3) is 5.69 Å². The molecule has 3 aromatic rings. The maximum absolute atomic E-state index is 12.9. The van der Waals surface area contributed by atoms with Crippen LogP contribution >= 0.6 is 15.9 Å². The van der Waals surface area contributed by atoms with Gasteiger partial charge in [-0.05, 0) is 44.2 Å². The van der Waals surface area contributed by atoms with Gasteiger partial charge in [0, 0.05) is 23.2 Å². The van der Waals surface area contributed by atoms with Gasteiger partial charge in [-0.25, -0.2) is 13.4 Å². The summed E-state index contributed by atoms with van der Waals surface area (Å²) in [5.74, 6) is 0.389. The normalized spacial score (nSPS) is 12.1. The third kappa shape index (κ3) is 3.97. The Morgan fingerprint density at radius 3 is 2.46 bits per heavy atom. The zero-order chi connectivity index (χ0) is 20.5. The Morgan fingerprint density at radius 2 is 1.82 bits per heavy atom. The Balaban J connectivity index is 1.81. The highest BCUT2D eigenvalue weighted by Crippen LogP contribution is 2.27. The minimum atomic E-state index is -3.59. The van der Waals surface area contributed by atoms with E-state index in [-0.39, 0.29) is 17.1 Å². The first-order valence-corrected chi connectivity index (χ1v) is 10.5. The standard InChI is InChI=1S/C18H17BrN4O4S/c1-18(2,28(26,27)14-6-3-12(19)4-7-14)11-21-17-10-20-16-9-13(23(24)25)5-8-15(16)22-17/h3-10H,11H2,1-2H3,(H,21,22). The number of fused-ring (bicyclic) bond motifs is 1. The quantitative estimate of drug-likeness (QED) is 0.433. The first kappa shape index (κ1) is 20.2. The fourth-order valence-corrected chi connectivity index (χ4v) is 4.19. The molecule has 2 aromatic carbocycles. The minimum Gasteiger partial charge on any atom is -0.367 e. The Labute approximate surface area is 170 Å². The van der Waals surface area contributed by atoms with Gasteiger partial charge in [-0.2, -0.15) is 0 Å². The molecule has 0 saturated carbocycles. The smallest absolute Gasteiger partial charge is 0.271 e. The minimum absolute atomic E-state index is 0.0655. The maximum Gasteiger partial charge on any atom is 0.271 e. The van der Waals surface area contributed by atoms with Crippen LogP contribution in [0.2, 0.25) is 0 Å². The van der Waals surface area contributed by atoms with E-state index in [2.05, 4.69) is 31.2 Å². The molecule has 3 rings (SSSR count). The Kier molecular flexibility index (Phi) is 5.35. The average molecular weight is 465 g/mol. The van der Waals surface area contributed by atoms with Crippen molar-refractivity contribution in [3.8, 4) is 0 Å². The summed E-state index contributed by atoms with van der Waals surface area (Å²) in [5.41, 5.74) is 0.801. The Bertz CT molecular complexity index is 1150. The Morgan fingerprint density at radius 1 is 1.14 bits per heavy atom. The average Bonchev–Trinajstić information content (AvgIpc) is 2.66. The van der Waals surface area contributed by atoms with E-state index in [1.165, 1.54) is 24.4 Å². The number of nitro benzene ring substituents is 1. The number of aromatic nitrogens is 2. The molecule has 0 amide bonds. The van der Waals surface area contributed by atoms with Crippen molar-refractivity contribution in [3.63, 3.8) is 0 Å². The van der Waals surface area contributed by atoms with Crippen LogP contribution in [0.15, 0.2) is 58.0 Å². The summed E-state index contributed by atoms with van der Waals surface area (Å²) in [6.45, 7) is 3.38. The molecule has 0 unspecified atom stereocenters. The van der Waals surface area contributed by atoms with Crippen molar-refractivity contribution in [1.82, 2.24) is 9.97 Å². The molecule has 0 fully saturated rings. The summed E-state index contributed by atoms with van der Waals surface area (Å²) in [4.78, 5) is 19.1.